The molecule has 6 heteroatoms. The van der Waals surface area contributed by atoms with Crippen molar-refractivity contribution in [3.63, 3.8) is 0 Å². The third kappa shape index (κ3) is 3.58. The van der Waals surface area contributed by atoms with E-state index in [4.69, 9.17) is 0 Å². The molecule has 0 aromatic carbocycles. The van der Waals surface area contributed by atoms with E-state index in [9.17, 15) is 9.59 Å². The summed E-state index contributed by atoms with van der Waals surface area (Å²) in [7, 11) is 0. The largest absolute Gasteiger partial charge is 0.343 e. The van der Waals surface area contributed by atoms with Crippen LogP contribution >= 0.6 is 23.1 Å². The number of nitrogens with zero attached hydrogens (tertiary/aromatic N) is 2. The first kappa shape index (κ1) is 16.8. The number of carbonyl (C=O) groups excluding carboxylic acids is 2. The van der Waals surface area contributed by atoms with Crippen LogP contribution in [0.1, 0.15) is 42.3 Å². The highest BCUT2D eigenvalue weighted by atomic mass is 32.2. The molecule has 1 spiro atoms. The lowest BCUT2D eigenvalue weighted by molar-refractivity contribution is -0.131. The SMILES string of the molecule is CSc1ccc(C(=O)N2CCCC3(CCN(C(C)=O)CC3)C2)s1. The molecule has 3 heterocycles. The molecule has 126 valence electrons. The molecule has 2 fully saturated rings. The first-order chi connectivity index (χ1) is 11.0. The number of thioether (sulfide) groups is 1. The van der Waals surface area contributed by atoms with E-state index in [1.165, 1.54) is 10.6 Å². The van der Waals surface area contributed by atoms with Crippen LogP contribution in [0.25, 0.3) is 0 Å². The van der Waals surface area contributed by atoms with Crippen LogP contribution < -0.4 is 0 Å². The van der Waals surface area contributed by atoms with Gasteiger partial charge < -0.3 is 9.80 Å². The predicted molar refractivity (Wildman–Crippen MR) is 95.2 cm³/mol. The van der Waals surface area contributed by atoms with Gasteiger partial charge in [-0.25, -0.2) is 0 Å². The van der Waals surface area contributed by atoms with Crippen molar-refractivity contribution in [1.82, 2.24) is 9.80 Å². The molecule has 23 heavy (non-hydrogen) atoms. The summed E-state index contributed by atoms with van der Waals surface area (Å²) in [5.74, 6) is 0.357. The molecule has 1 aromatic heterocycles. The number of rotatable bonds is 2. The molecule has 0 radical (unpaired) electrons. The zero-order valence-electron chi connectivity index (χ0n) is 13.8. The van der Waals surface area contributed by atoms with Crippen molar-refractivity contribution in [2.75, 3.05) is 32.4 Å². The fourth-order valence-corrected chi connectivity index (χ4v) is 5.30. The van der Waals surface area contributed by atoms with E-state index in [2.05, 4.69) is 0 Å². The van der Waals surface area contributed by atoms with Gasteiger partial charge in [-0.3, -0.25) is 9.59 Å². The lowest BCUT2D eigenvalue weighted by Crippen LogP contribution is -2.51. The number of hydrogen-bond donors (Lipinski definition) is 0. The molecule has 2 saturated heterocycles. The topological polar surface area (TPSA) is 40.6 Å². The Labute approximate surface area is 146 Å². The van der Waals surface area contributed by atoms with E-state index < -0.39 is 0 Å². The van der Waals surface area contributed by atoms with Gasteiger partial charge in [0.2, 0.25) is 5.91 Å². The van der Waals surface area contributed by atoms with Crippen LogP contribution in [-0.4, -0.2) is 54.0 Å². The summed E-state index contributed by atoms with van der Waals surface area (Å²) in [5, 5.41) is 0. The van der Waals surface area contributed by atoms with Crippen LogP contribution in [-0.2, 0) is 4.79 Å². The molecule has 3 rings (SSSR count). The third-order valence-corrected chi connectivity index (χ3v) is 7.37. The number of likely N-dealkylation sites (tertiary alicyclic amines) is 2. The summed E-state index contributed by atoms with van der Waals surface area (Å²) in [6.45, 7) is 5.04. The smallest absolute Gasteiger partial charge is 0.263 e. The average molecular weight is 353 g/mol. The van der Waals surface area contributed by atoms with Gasteiger partial charge >= 0.3 is 0 Å². The van der Waals surface area contributed by atoms with Crippen molar-refractivity contribution in [3.05, 3.63) is 17.0 Å². The van der Waals surface area contributed by atoms with Crippen molar-refractivity contribution in [3.8, 4) is 0 Å². The number of carbonyl (C=O) groups is 2. The van der Waals surface area contributed by atoms with Gasteiger partial charge in [0.15, 0.2) is 0 Å². The second-order valence-electron chi connectivity index (χ2n) is 6.66. The van der Waals surface area contributed by atoms with E-state index in [0.29, 0.717) is 0 Å². The maximum atomic E-state index is 12.8. The Morgan fingerprint density at radius 1 is 1.13 bits per heavy atom. The Hall–Kier alpha value is -1.01. The van der Waals surface area contributed by atoms with Gasteiger partial charge in [-0.05, 0) is 49.5 Å². The van der Waals surface area contributed by atoms with Gasteiger partial charge in [0, 0.05) is 33.1 Å². The molecule has 0 N–H and O–H groups in total. The molecular formula is C17H24N2O2S2. The van der Waals surface area contributed by atoms with Gasteiger partial charge in [0.25, 0.3) is 5.91 Å². The van der Waals surface area contributed by atoms with Crippen molar-refractivity contribution in [2.45, 2.75) is 36.8 Å². The van der Waals surface area contributed by atoms with Gasteiger partial charge in [-0.15, -0.1) is 23.1 Å². The van der Waals surface area contributed by atoms with E-state index in [0.717, 1.165) is 50.3 Å². The molecule has 2 aliphatic heterocycles. The summed E-state index contributed by atoms with van der Waals surface area (Å²) < 4.78 is 1.19. The molecule has 2 aliphatic rings. The lowest BCUT2D eigenvalue weighted by Gasteiger charge is -2.47. The molecule has 0 saturated carbocycles. The van der Waals surface area contributed by atoms with E-state index >= 15 is 0 Å². The van der Waals surface area contributed by atoms with Crippen molar-refractivity contribution < 1.29 is 9.59 Å². The first-order valence-electron chi connectivity index (χ1n) is 8.22. The number of amides is 2. The number of hydrogen-bond acceptors (Lipinski definition) is 4. The minimum atomic E-state index is 0.173. The maximum Gasteiger partial charge on any atom is 0.263 e. The van der Waals surface area contributed by atoms with Gasteiger partial charge in [0.05, 0.1) is 9.09 Å². The predicted octanol–water partition coefficient (Wildman–Crippen LogP) is 3.33. The second-order valence-corrected chi connectivity index (χ2v) is 8.85. The van der Waals surface area contributed by atoms with Gasteiger partial charge in [0.1, 0.15) is 0 Å². The highest BCUT2D eigenvalue weighted by Crippen LogP contribution is 2.40. The standard InChI is InChI=1S/C17H24N2O2S2/c1-13(20)18-10-7-17(8-11-18)6-3-9-19(12-17)16(21)14-4-5-15(22-2)23-14/h4-5H,3,6-12H2,1-2H3. The zero-order chi connectivity index (χ0) is 16.4. The van der Waals surface area contributed by atoms with E-state index in [1.54, 1.807) is 30.0 Å². The van der Waals surface area contributed by atoms with Crippen LogP contribution in [0.4, 0.5) is 0 Å². The van der Waals surface area contributed by atoms with Gasteiger partial charge in [-0.2, -0.15) is 0 Å². The fourth-order valence-electron chi connectivity index (χ4n) is 3.79. The molecule has 1 aromatic rings. The Morgan fingerprint density at radius 2 is 1.87 bits per heavy atom. The third-order valence-electron chi connectivity index (χ3n) is 5.21. The summed E-state index contributed by atoms with van der Waals surface area (Å²) >= 11 is 3.28. The Bertz CT molecular complexity index is 591. The molecular weight excluding hydrogens is 328 g/mol. The van der Waals surface area contributed by atoms with Crippen molar-refractivity contribution in [2.24, 2.45) is 5.41 Å². The first-order valence-corrected chi connectivity index (χ1v) is 10.3. The van der Waals surface area contributed by atoms with Crippen LogP contribution in [0.5, 0.6) is 0 Å². The lowest BCUT2D eigenvalue weighted by atomic mass is 9.72. The summed E-state index contributed by atoms with van der Waals surface area (Å²) in [6.07, 6.45) is 6.35. The Morgan fingerprint density at radius 3 is 2.48 bits per heavy atom. The summed E-state index contributed by atoms with van der Waals surface area (Å²) in [5.41, 5.74) is 0.222. The fraction of sp³-hybridized carbons (Fsp3) is 0.647. The molecule has 0 aliphatic carbocycles. The molecule has 0 bridgehead atoms. The van der Waals surface area contributed by atoms with Crippen LogP contribution in [0.15, 0.2) is 16.3 Å². The van der Waals surface area contributed by atoms with Crippen LogP contribution in [0.3, 0.4) is 0 Å². The Balaban J connectivity index is 1.66. The quantitative estimate of drug-likeness (QED) is 0.767. The summed E-state index contributed by atoms with van der Waals surface area (Å²) in [4.78, 5) is 29.1. The summed E-state index contributed by atoms with van der Waals surface area (Å²) in [6, 6.07) is 3.99. The minimum absolute atomic E-state index is 0.173. The Kier molecular flexibility index (Phi) is 5.01. The normalized spacial score (nSPS) is 20.8. The molecule has 4 nitrogen and oxygen atoms in total. The highest BCUT2D eigenvalue weighted by Gasteiger charge is 2.40. The van der Waals surface area contributed by atoms with E-state index in [1.807, 2.05) is 28.2 Å². The highest BCUT2D eigenvalue weighted by molar-refractivity contribution is 8.00. The molecule has 0 atom stereocenters. The number of thiophene rings is 1. The minimum Gasteiger partial charge on any atom is -0.343 e. The zero-order valence-corrected chi connectivity index (χ0v) is 15.5. The van der Waals surface area contributed by atoms with Crippen LogP contribution in [0.2, 0.25) is 0 Å². The van der Waals surface area contributed by atoms with Crippen LogP contribution in [0, 0.1) is 5.41 Å². The van der Waals surface area contributed by atoms with E-state index in [-0.39, 0.29) is 17.2 Å². The number of piperidine rings is 2. The second kappa shape index (κ2) is 6.85. The monoisotopic (exact) mass is 352 g/mol. The molecule has 2 amide bonds. The average Bonchev–Trinajstić information content (AvgIpc) is 3.04. The van der Waals surface area contributed by atoms with Crippen molar-refractivity contribution in [1.29, 1.82) is 0 Å². The van der Waals surface area contributed by atoms with Crippen molar-refractivity contribution >= 4 is 34.9 Å². The van der Waals surface area contributed by atoms with Gasteiger partial charge in [-0.1, -0.05) is 0 Å². The maximum absolute atomic E-state index is 12.8. The molecule has 0 unspecified atom stereocenters.